The summed E-state index contributed by atoms with van der Waals surface area (Å²) in [5, 5.41) is 13.9. The van der Waals surface area contributed by atoms with Crippen LogP contribution in [0.4, 0.5) is 0 Å². The number of aliphatic hydroxyl groups is 1. The van der Waals surface area contributed by atoms with Crippen LogP contribution in [0.5, 0.6) is 0 Å². The Hall–Kier alpha value is -0.500. The summed E-state index contributed by atoms with van der Waals surface area (Å²) in [6.45, 7) is 4.90. The van der Waals surface area contributed by atoms with Gasteiger partial charge in [0.2, 0.25) is 5.91 Å². The van der Waals surface area contributed by atoms with Crippen LogP contribution >= 0.6 is 7.82 Å². The summed E-state index contributed by atoms with van der Waals surface area (Å²) in [5.74, 6) is -0.141. The van der Waals surface area contributed by atoms with Crippen LogP contribution in [0.2, 0.25) is 0 Å². The number of nitrogens with one attached hydrogen (secondary N) is 1. The highest BCUT2D eigenvalue weighted by Gasteiger charge is 2.28. The predicted octanol–water partition coefficient (Wildman–Crippen LogP) is 12.6. The van der Waals surface area contributed by atoms with Gasteiger partial charge in [-0.15, -0.1) is 0 Å². The molecule has 0 aliphatic carbocycles. The molecule has 0 saturated carbocycles. The number of amides is 1. The Kier molecular flexibility index (Phi) is 36.7. The molecule has 3 N–H and O–H groups in total. The van der Waals surface area contributed by atoms with Crippen molar-refractivity contribution >= 4 is 13.7 Å². The smallest absolute Gasteiger partial charge is 0.391 e. The first-order valence-corrected chi connectivity index (χ1v) is 24.4. The van der Waals surface area contributed by atoms with Gasteiger partial charge >= 0.3 is 7.82 Å². The monoisotopic (exact) mass is 776 g/mol. The van der Waals surface area contributed by atoms with E-state index in [0.717, 1.165) is 38.5 Å². The van der Waals surface area contributed by atoms with Crippen LogP contribution in [0.25, 0.3) is 0 Å². The maximum Gasteiger partial charge on any atom is 0.472 e. The third kappa shape index (κ3) is 39.5. The summed E-state index contributed by atoms with van der Waals surface area (Å²) in [6, 6.07) is -0.752. The number of unbranched alkanes of at least 4 members (excludes halogenated alkanes) is 29. The average molecular weight is 776 g/mol. The van der Waals surface area contributed by atoms with Crippen molar-refractivity contribution in [3.05, 3.63) is 0 Å². The maximum absolute atomic E-state index is 12.9. The molecular weight excluding hydrogens is 683 g/mol. The largest absolute Gasteiger partial charge is 0.472 e. The second-order valence-corrected chi connectivity index (χ2v) is 18.6. The summed E-state index contributed by atoms with van der Waals surface area (Å²) in [6.07, 6.45) is 39.9. The molecule has 0 radical (unpaired) electrons. The fourth-order valence-electron chi connectivity index (χ4n) is 6.93. The Morgan fingerprint density at radius 3 is 1.26 bits per heavy atom. The van der Waals surface area contributed by atoms with E-state index in [9.17, 15) is 19.4 Å². The molecule has 1 amide bonds. The standard InChI is InChI=1S/C44H91N2O6P/c1-6-8-10-12-14-16-18-19-20-21-22-23-24-25-26-28-30-32-34-36-38-44(48)45-42(41-52-53(49,50)51-40-39-46(3,4)5)43(47)37-35-33-31-29-27-17-15-13-11-9-7-2/h42-43,47H,6-41H2,1-5H3,(H-,45,48,49,50)/p+1/t42-,43+/m0/s1. The number of phosphoric acid groups is 1. The van der Waals surface area contributed by atoms with Gasteiger partial charge in [0.25, 0.3) is 0 Å². The van der Waals surface area contributed by atoms with Gasteiger partial charge in [-0.1, -0.05) is 206 Å². The zero-order valence-corrected chi connectivity index (χ0v) is 36.9. The van der Waals surface area contributed by atoms with E-state index in [4.69, 9.17) is 9.05 Å². The van der Waals surface area contributed by atoms with Crippen molar-refractivity contribution in [3.63, 3.8) is 0 Å². The van der Waals surface area contributed by atoms with Gasteiger partial charge in [-0.3, -0.25) is 13.8 Å². The molecule has 0 aliphatic rings. The van der Waals surface area contributed by atoms with Gasteiger partial charge in [0.15, 0.2) is 0 Å². The normalized spacial score (nSPS) is 14.3. The van der Waals surface area contributed by atoms with Crippen LogP contribution in [0.15, 0.2) is 0 Å². The van der Waals surface area contributed by atoms with E-state index in [2.05, 4.69) is 19.2 Å². The number of nitrogens with zero attached hydrogens (tertiary/aromatic N) is 1. The molecule has 0 aromatic rings. The summed E-state index contributed by atoms with van der Waals surface area (Å²) in [4.78, 5) is 23.1. The molecule has 0 fully saturated rings. The van der Waals surface area contributed by atoms with Crippen LogP contribution in [-0.2, 0) is 18.4 Å². The molecular formula is C44H92N2O6P+. The summed E-state index contributed by atoms with van der Waals surface area (Å²) in [7, 11) is 1.63. The minimum Gasteiger partial charge on any atom is -0.391 e. The van der Waals surface area contributed by atoms with Crippen LogP contribution < -0.4 is 5.32 Å². The lowest BCUT2D eigenvalue weighted by atomic mass is 10.0. The Labute approximate surface area is 329 Å². The number of aliphatic hydroxyl groups excluding tert-OH is 1. The van der Waals surface area contributed by atoms with Gasteiger partial charge in [-0.05, 0) is 12.8 Å². The van der Waals surface area contributed by atoms with Gasteiger partial charge in [-0.25, -0.2) is 4.57 Å². The molecule has 0 saturated heterocycles. The molecule has 0 aromatic heterocycles. The topological polar surface area (TPSA) is 105 Å². The fraction of sp³-hybridized carbons (Fsp3) is 0.977. The average Bonchev–Trinajstić information content (AvgIpc) is 3.10. The van der Waals surface area contributed by atoms with Crippen molar-refractivity contribution in [3.8, 4) is 0 Å². The lowest BCUT2D eigenvalue weighted by molar-refractivity contribution is -0.870. The molecule has 8 nitrogen and oxygen atoms in total. The zero-order chi connectivity index (χ0) is 39.3. The lowest BCUT2D eigenvalue weighted by Crippen LogP contribution is -2.46. The van der Waals surface area contributed by atoms with Gasteiger partial charge < -0.3 is 19.8 Å². The van der Waals surface area contributed by atoms with E-state index >= 15 is 0 Å². The summed E-state index contributed by atoms with van der Waals surface area (Å²) < 4.78 is 23.6. The van der Waals surface area contributed by atoms with Crippen LogP contribution in [0, 0.1) is 0 Å². The van der Waals surface area contributed by atoms with Crippen LogP contribution in [-0.4, -0.2) is 73.4 Å². The number of hydrogen-bond donors (Lipinski definition) is 3. The van der Waals surface area contributed by atoms with Crippen molar-refractivity contribution in [1.29, 1.82) is 0 Å². The van der Waals surface area contributed by atoms with Crippen molar-refractivity contribution in [1.82, 2.24) is 5.32 Å². The van der Waals surface area contributed by atoms with Crippen LogP contribution in [0.3, 0.4) is 0 Å². The molecule has 53 heavy (non-hydrogen) atoms. The highest BCUT2D eigenvalue weighted by Crippen LogP contribution is 2.43. The zero-order valence-electron chi connectivity index (χ0n) is 36.0. The maximum atomic E-state index is 12.9. The van der Waals surface area contributed by atoms with Crippen molar-refractivity contribution in [2.45, 2.75) is 238 Å². The fourth-order valence-corrected chi connectivity index (χ4v) is 7.67. The summed E-state index contributed by atoms with van der Waals surface area (Å²) in [5.41, 5.74) is 0. The third-order valence-electron chi connectivity index (χ3n) is 10.6. The first-order chi connectivity index (χ1) is 25.5. The molecule has 0 bridgehead atoms. The van der Waals surface area contributed by atoms with Gasteiger partial charge in [-0.2, -0.15) is 0 Å². The van der Waals surface area contributed by atoms with Gasteiger partial charge in [0, 0.05) is 6.42 Å². The molecule has 0 aromatic carbocycles. The SMILES string of the molecule is CCCCCCCCCCCCCCCCCCCCCCC(=O)N[C@@H](COP(=O)(O)OCC[N+](C)(C)C)[C@H](O)CCCCCCCCCCCCC. The Morgan fingerprint density at radius 1 is 0.566 bits per heavy atom. The summed E-state index contributed by atoms with van der Waals surface area (Å²) >= 11 is 0. The number of likely N-dealkylation sites (N-methyl/N-ethyl adjacent to an activating group) is 1. The number of carbonyl (C=O) groups is 1. The number of quaternary nitrogens is 1. The van der Waals surface area contributed by atoms with Gasteiger partial charge in [0.1, 0.15) is 13.2 Å². The van der Waals surface area contributed by atoms with Crippen molar-refractivity contribution < 1.29 is 32.9 Å². The van der Waals surface area contributed by atoms with E-state index in [-0.39, 0.29) is 19.1 Å². The molecule has 0 heterocycles. The Morgan fingerprint density at radius 2 is 0.906 bits per heavy atom. The second kappa shape index (κ2) is 37.1. The first kappa shape index (κ1) is 52.5. The van der Waals surface area contributed by atoms with E-state index in [1.54, 1.807) is 0 Å². The van der Waals surface area contributed by atoms with E-state index in [1.807, 2.05) is 21.1 Å². The molecule has 1 unspecified atom stereocenters. The highest BCUT2D eigenvalue weighted by molar-refractivity contribution is 7.47. The number of phosphoric ester groups is 1. The third-order valence-corrected chi connectivity index (χ3v) is 11.6. The predicted molar refractivity (Wildman–Crippen MR) is 226 cm³/mol. The molecule has 0 rings (SSSR count). The Bertz CT molecular complexity index is 839. The quantitative estimate of drug-likeness (QED) is 0.0324. The van der Waals surface area contributed by atoms with Gasteiger partial charge in [0.05, 0.1) is 39.9 Å². The van der Waals surface area contributed by atoms with E-state index in [0.29, 0.717) is 23.9 Å². The molecule has 3 atom stereocenters. The molecule has 0 aliphatic heterocycles. The van der Waals surface area contributed by atoms with Crippen molar-refractivity contribution in [2.24, 2.45) is 0 Å². The molecule has 9 heteroatoms. The van der Waals surface area contributed by atoms with Crippen LogP contribution in [0.1, 0.15) is 226 Å². The number of carbonyl (C=O) groups excluding carboxylic acids is 1. The minimum absolute atomic E-state index is 0.0784. The van der Waals surface area contributed by atoms with E-state index < -0.39 is 20.0 Å². The Balaban J connectivity index is 4.22. The molecule has 0 spiro atoms. The first-order valence-electron chi connectivity index (χ1n) is 22.9. The number of hydrogen-bond acceptors (Lipinski definition) is 5. The van der Waals surface area contributed by atoms with Crippen molar-refractivity contribution in [2.75, 3.05) is 40.9 Å². The lowest BCUT2D eigenvalue weighted by Gasteiger charge is -2.26. The highest BCUT2D eigenvalue weighted by atomic mass is 31.2. The second-order valence-electron chi connectivity index (χ2n) is 17.1. The molecule has 318 valence electrons. The number of rotatable bonds is 42. The van der Waals surface area contributed by atoms with E-state index in [1.165, 1.54) is 161 Å². The minimum atomic E-state index is -4.30.